The summed E-state index contributed by atoms with van der Waals surface area (Å²) in [7, 11) is 0. The van der Waals surface area contributed by atoms with Gasteiger partial charge in [0, 0.05) is 23.6 Å². The van der Waals surface area contributed by atoms with Gasteiger partial charge in [-0.3, -0.25) is 4.79 Å². The van der Waals surface area contributed by atoms with Crippen molar-refractivity contribution in [3.8, 4) is 0 Å². The number of hydrogen-bond donors (Lipinski definition) is 1. The summed E-state index contributed by atoms with van der Waals surface area (Å²) < 4.78 is 0.859. The molecule has 1 aliphatic heterocycles. The Morgan fingerprint density at radius 3 is 2.95 bits per heavy atom. The molecule has 0 radical (unpaired) electrons. The van der Waals surface area contributed by atoms with Crippen LogP contribution in [0.5, 0.6) is 0 Å². The molecule has 4 heteroatoms. The summed E-state index contributed by atoms with van der Waals surface area (Å²) in [6.07, 6.45) is 2.07. The van der Waals surface area contributed by atoms with Crippen LogP contribution in [0.4, 0.5) is 0 Å². The van der Waals surface area contributed by atoms with E-state index >= 15 is 0 Å². The van der Waals surface area contributed by atoms with Gasteiger partial charge in [0.05, 0.1) is 5.56 Å². The van der Waals surface area contributed by atoms with Crippen LogP contribution in [0.1, 0.15) is 35.7 Å². The van der Waals surface area contributed by atoms with Gasteiger partial charge in [0.2, 0.25) is 0 Å². The van der Waals surface area contributed by atoms with Crippen LogP contribution >= 0.6 is 15.9 Å². The van der Waals surface area contributed by atoms with Gasteiger partial charge < -0.3 is 10.6 Å². The van der Waals surface area contributed by atoms with E-state index in [2.05, 4.69) is 22.9 Å². The van der Waals surface area contributed by atoms with Crippen molar-refractivity contribution < 1.29 is 4.79 Å². The van der Waals surface area contributed by atoms with Crippen LogP contribution in [-0.4, -0.2) is 29.9 Å². The molecular weight excluding hydrogens is 304 g/mol. The average Bonchev–Trinajstić information content (AvgIpc) is 2.40. The average molecular weight is 325 g/mol. The van der Waals surface area contributed by atoms with E-state index in [0.717, 1.165) is 35.0 Å². The smallest absolute Gasteiger partial charge is 0.255 e. The summed E-state index contributed by atoms with van der Waals surface area (Å²) in [6.45, 7) is 5.58. The Balaban J connectivity index is 2.25. The number of amides is 1. The number of nitrogens with two attached hydrogens (primary N) is 1. The van der Waals surface area contributed by atoms with Gasteiger partial charge >= 0.3 is 0 Å². The molecule has 104 valence electrons. The van der Waals surface area contributed by atoms with E-state index in [1.165, 1.54) is 0 Å². The molecule has 0 aliphatic carbocycles. The lowest BCUT2D eigenvalue weighted by molar-refractivity contribution is 0.0572. The van der Waals surface area contributed by atoms with Gasteiger partial charge in [-0.2, -0.15) is 0 Å². The molecule has 0 aromatic heterocycles. The highest BCUT2D eigenvalue weighted by Gasteiger charge is 2.30. The lowest BCUT2D eigenvalue weighted by Gasteiger charge is -2.38. The quantitative estimate of drug-likeness (QED) is 0.909. The van der Waals surface area contributed by atoms with Crippen LogP contribution < -0.4 is 5.73 Å². The minimum Gasteiger partial charge on any atom is -0.334 e. The number of hydrogen-bond acceptors (Lipinski definition) is 2. The first kappa shape index (κ1) is 14.5. The first-order chi connectivity index (χ1) is 9.02. The fourth-order valence-electron chi connectivity index (χ4n) is 2.70. The van der Waals surface area contributed by atoms with Gasteiger partial charge in [0.25, 0.3) is 5.91 Å². The monoisotopic (exact) mass is 324 g/mol. The summed E-state index contributed by atoms with van der Waals surface area (Å²) in [5.41, 5.74) is 7.68. The number of aryl methyl sites for hydroxylation is 1. The Bertz CT molecular complexity index is 475. The minimum atomic E-state index is 0.0953. The maximum atomic E-state index is 12.7. The number of carbonyl (C=O) groups excluding carboxylic acids is 1. The van der Waals surface area contributed by atoms with Crippen LogP contribution in [0, 0.1) is 12.8 Å². The number of piperidine rings is 1. The Labute approximate surface area is 123 Å². The van der Waals surface area contributed by atoms with Crippen molar-refractivity contribution in [3.05, 3.63) is 33.8 Å². The SMILES string of the molecule is Cc1ccc(Br)c(C(=O)N2CCC(C)CC2CN)c1. The molecule has 1 fully saturated rings. The standard InChI is InChI=1S/C15H21BrN2O/c1-10-3-4-14(16)13(8-10)15(19)18-6-5-11(2)7-12(18)9-17/h3-4,8,11-12H,5-7,9,17H2,1-2H3. The van der Waals surface area contributed by atoms with Crippen molar-refractivity contribution in [2.45, 2.75) is 32.7 Å². The predicted octanol–water partition coefficient (Wildman–Crippen LogP) is 2.96. The number of halogens is 1. The largest absolute Gasteiger partial charge is 0.334 e. The predicted molar refractivity (Wildman–Crippen MR) is 81.2 cm³/mol. The molecule has 2 atom stereocenters. The highest BCUT2D eigenvalue weighted by molar-refractivity contribution is 9.10. The van der Waals surface area contributed by atoms with Crippen LogP contribution in [0.15, 0.2) is 22.7 Å². The van der Waals surface area contributed by atoms with Gasteiger partial charge in [0.15, 0.2) is 0 Å². The molecular formula is C15H21BrN2O. The maximum absolute atomic E-state index is 12.7. The van der Waals surface area contributed by atoms with E-state index in [4.69, 9.17) is 5.73 Å². The van der Waals surface area contributed by atoms with E-state index in [9.17, 15) is 4.79 Å². The summed E-state index contributed by atoms with van der Waals surface area (Å²) in [5.74, 6) is 0.747. The fraction of sp³-hybridized carbons (Fsp3) is 0.533. The third-order valence-electron chi connectivity index (χ3n) is 3.86. The summed E-state index contributed by atoms with van der Waals surface area (Å²) >= 11 is 3.47. The number of rotatable bonds is 2. The van der Waals surface area contributed by atoms with Crippen LogP contribution in [0.2, 0.25) is 0 Å². The zero-order valence-electron chi connectivity index (χ0n) is 11.5. The van der Waals surface area contributed by atoms with Crippen LogP contribution in [-0.2, 0) is 0 Å². The third kappa shape index (κ3) is 3.18. The Morgan fingerprint density at radius 1 is 1.53 bits per heavy atom. The van der Waals surface area contributed by atoms with Gasteiger partial charge in [-0.25, -0.2) is 0 Å². The molecule has 0 saturated carbocycles. The van der Waals surface area contributed by atoms with Gasteiger partial charge in [0.1, 0.15) is 0 Å². The molecule has 1 saturated heterocycles. The Kier molecular flexibility index (Phi) is 4.63. The minimum absolute atomic E-state index is 0.0953. The summed E-state index contributed by atoms with van der Waals surface area (Å²) in [4.78, 5) is 14.6. The van der Waals surface area contributed by atoms with Crippen molar-refractivity contribution in [1.29, 1.82) is 0 Å². The van der Waals surface area contributed by atoms with Crippen LogP contribution in [0.3, 0.4) is 0 Å². The van der Waals surface area contributed by atoms with Gasteiger partial charge in [-0.1, -0.05) is 18.6 Å². The lowest BCUT2D eigenvalue weighted by Crippen LogP contribution is -2.49. The molecule has 1 aromatic carbocycles. The van der Waals surface area contributed by atoms with Crippen molar-refractivity contribution >= 4 is 21.8 Å². The summed E-state index contributed by atoms with van der Waals surface area (Å²) in [6, 6.07) is 6.05. The van der Waals surface area contributed by atoms with E-state index in [-0.39, 0.29) is 11.9 Å². The molecule has 0 spiro atoms. The zero-order valence-corrected chi connectivity index (χ0v) is 13.1. The highest BCUT2D eigenvalue weighted by Crippen LogP contribution is 2.26. The Morgan fingerprint density at radius 2 is 2.26 bits per heavy atom. The molecule has 2 N–H and O–H groups in total. The molecule has 1 aromatic rings. The van der Waals surface area contributed by atoms with E-state index < -0.39 is 0 Å². The molecule has 1 amide bonds. The van der Waals surface area contributed by atoms with Crippen molar-refractivity contribution in [1.82, 2.24) is 4.90 Å². The van der Waals surface area contributed by atoms with Crippen LogP contribution in [0.25, 0.3) is 0 Å². The second-order valence-corrected chi connectivity index (χ2v) is 6.36. The number of likely N-dealkylation sites (tertiary alicyclic amines) is 1. The maximum Gasteiger partial charge on any atom is 0.255 e. The van der Waals surface area contributed by atoms with Gasteiger partial charge in [-0.05, 0) is 53.7 Å². The molecule has 0 bridgehead atoms. The lowest BCUT2D eigenvalue weighted by atomic mass is 9.92. The topological polar surface area (TPSA) is 46.3 Å². The summed E-state index contributed by atoms with van der Waals surface area (Å²) in [5, 5.41) is 0. The molecule has 2 rings (SSSR count). The number of benzene rings is 1. The normalized spacial score (nSPS) is 23.5. The number of nitrogens with zero attached hydrogens (tertiary/aromatic N) is 1. The Hall–Kier alpha value is -0.870. The number of carbonyl (C=O) groups is 1. The highest BCUT2D eigenvalue weighted by atomic mass is 79.9. The second-order valence-electron chi connectivity index (χ2n) is 5.50. The van der Waals surface area contributed by atoms with Crippen molar-refractivity contribution in [2.24, 2.45) is 11.7 Å². The second kappa shape index (κ2) is 6.06. The van der Waals surface area contributed by atoms with E-state index in [0.29, 0.717) is 12.5 Å². The van der Waals surface area contributed by atoms with E-state index in [1.54, 1.807) is 0 Å². The fourth-order valence-corrected chi connectivity index (χ4v) is 3.12. The molecule has 2 unspecified atom stereocenters. The van der Waals surface area contributed by atoms with E-state index in [1.807, 2.05) is 30.0 Å². The van der Waals surface area contributed by atoms with Gasteiger partial charge in [-0.15, -0.1) is 0 Å². The van der Waals surface area contributed by atoms with Crippen molar-refractivity contribution in [3.63, 3.8) is 0 Å². The van der Waals surface area contributed by atoms with Crippen molar-refractivity contribution in [2.75, 3.05) is 13.1 Å². The molecule has 3 nitrogen and oxygen atoms in total. The molecule has 19 heavy (non-hydrogen) atoms. The third-order valence-corrected chi connectivity index (χ3v) is 4.55. The first-order valence-corrected chi connectivity index (χ1v) is 7.59. The molecule has 1 aliphatic rings. The first-order valence-electron chi connectivity index (χ1n) is 6.80. The molecule has 1 heterocycles. The zero-order chi connectivity index (χ0) is 14.0.